The van der Waals surface area contributed by atoms with Crippen LogP contribution in [0.25, 0.3) is 21.5 Å². The normalized spacial score (nSPS) is 13.4. The van der Waals surface area contributed by atoms with Crippen molar-refractivity contribution in [1.82, 2.24) is 0 Å². The Balaban J connectivity index is 1.78. The average molecular weight is 629 g/mol. The zero-order valence-electron chi connectivity index (χ0n) is 25.5. The van der Waals surface area contributed by atoms with Crippen LogP contribution in [0.3, 0.4) is 0 Å². The van der Waals surface area contributed by atoms with Gasteiger partial charge in [0.05, 0.1) is 0 Å². The molecule has 0 saturated heterocycles. The molecule has 46 heavy (non-hydrogen) atoms. The van der Waals surface area contributed by atoms with Crippen molar-refractivity contribution in [3.05, 3.63) is 84.9 Å². The Morgan fingerprint density at radius 2 is 0.783 bits per heavy atom. The first-order valence-corrected chi connectivity index (χ1v) is 14.2. The summed E-state index contributed by atoms with van der Waals surface area (Å²) in [6.07, 6.45) is -7.87. The minimum Gasteiger partial charge on any atom is -0.454 e. The van der Waals surface area contributed by atoms with Crippen molar-refractivity contribution in [3.63, 3.8) is 0 Å². The maximum absolute atomic E-state index is 13.8. The molecule has 0 aliphatic heterocycles. The van der Waals surface area contributed by atoms with E-state index >= 15 is 0 Å². The molecule has 0 aromatic heterocycles. The highest BCUT2D eigenvalue weighted by Gasteiger charge is 2.49. The Bertz CT molecular complexity index is 1660. The van der Waals surface area contributed by atoms with Crippen molar-refractivity contribution in [2.75, 3.05) is 10.6 Å². The molecule has 12 heteroatoms. The van der Waals surface area contributed by atoms with Crippen LogP contribution in [0.1, 0.15) is 27.7 Å². The Hall–Kier alpha value is -5.78. The summed E-state index contributed by atoms with van der Waals surface area (Å²) in [5.41, 5.74) is 0.659. The molecule has 0 unspecified atom stereocenters. The van der Waals surface area contributed by atoms with Crippen molar-refractivity contribution in [3.8, 4) is 0 Å². The molecule has 0 aliphatic rings. The molecule has 12 nitrogen and oxygen atoms in total. The third kappa shape index (κ3) is 8.23. The van der Waals surface area contributed by atoms with E-state index in [2.05, 4.69) is 10.6 Å². The second-order valence-corrected chi connectivity index (χ2v) is 10.2. The number of carbonyl (C=O) groups is 6. The molecule has 0 spiro atoms. The van der Waals surface area contributed by atoms with Gasteiger partial charge in [-0.2, -0.15) is 0 Å². The van der Waals surface area contributed by atoms with Crippen LogP contribution in [-0.2, 0) is 47.7 Å². The molecule has 0 aliphatic carbocycles. The monoisotopic (exact) mass is 628 g/mol. The van der Waals surface area contributed by atoms with E-state index in [0.29, 0.717) is 22.1 Å². The maximum atomic E-state index is 13.8. The van der Waals surface area contributed by atoms with E-state index in [9.17, 15) is 28.8 Å². The summed E-state index contributed by atoms with van der Waals surface area (Å²) in [5, 5.41) is 8.20. The van der Waals surface area contributed by atoms with Crippen molar-refractivity contribution < 1.29 is 47.7 Å². The predicted octanol–water partition coefficient (Wildman–Crippen LogP) is 4.30. The number of amides is 2. The Kier molecular flexibility index (Phi) is 10.7. The molecule has 2 N–H and O–H groups in total. The number of nitrogens with one attached hydrogen (secondary N) is 2. The summed E-state index contributed by atoms with van der Waals surface area (Å²) >= 11 is 0. The fraction of sp³-hybridized carbons (Fsp3) is 0.235. The molecule has 4 rings (SSSR count). The van der Waals surface area contributed by atoms with E-state index in [0.717, 1.165) is 38.5 Å². The molecule has 0 fully saturated rings. The smallest absolute Gasteiger partial charge is 0.303 e. The quantitative estimate of drug-likeness (QED) is 0.181. The lowest BCUT2D eigenvalue weighted by Crippen LogP contribution is -2.57. The average Bonchev–Trinajstić information content (AvgIpc) is 3.00. The first kappa shape index (κ1) is 33.1. The van der Waals surface area contributed by atoms with Gasteiger partial charge in [-0.25, -0.2) is 0 Å². The number of ether oxygens (including phenoxy) is 4. The van der Waals surface area contributed by atoms with Gasteiger partial charge < -0.3 is 29.6 Å². The molecular formula is C34H32N2O10. The van der Waals surface area contributed by atoms with E-state index in [4.69, 9.17) is 18.9 Å². The van der Waals surface area contributed by atoms with Crippen LogP contribution in [0.2, 0.25) is 0 Å². The topological polar surface area (TPSA) is 163 Å². The molecule has 4 aromatic rings. The highest BCUT2D eigenvalue weighted by atomic mass is 16.6. The van der Waals surface area contributed by atoms with Crippen molar-refractivity contribution in [2.45, 2.75) is 52.1 Å². The maximum Gasteiger partial charge on any atom is 0.303 e. The number of hydrogen-bond donors (Lipinski definition) is 2. The number of anilines is 2. The van der Waals surface area contributed by atoms with E-state index < -0.39 is 60.1 Å². The summed E-state index contributed by atoms with van der Waals surface area (Å²) in [5.74, 6) is -5.83. The van der Waals surface area contributed by atoms with Crippen molar-refractivity contribution >= 4 is 68.6 Å². The van der Waals surface area contributed by atoms with Gasteiger partial charge in [0.1, 0.15) is 0 Å². The van der Waals surface area contributed by atoms with Gasteiger partial charge in [0, 0.05) is 49.8 Å². The van der Waals surface area contributed by atoms with Crippen molar-refractivity contribution in [2.24, 2.45) is 0 Å². The van der Waals surface area contributed by atoms with Gasteiger partial charge in [0.25, 0.3) is 11.8 Å². The van der Waals surface area contributed by atoms with Gasteiger partial charge in [0.15, 0.2) is 12.2 Å². The third-order valence-corrected chi connectivity index (χ3v) is 6.72. The second kappa shape index (κ2) is 14.8. The molecule has 4 atom stereocenters. The molecule has 4 aromatic carbocycles. The number of rotatable bonds is 11. The fourth-order valence-corrected chi connectivity index (χ4v) is 4.96. The zero-order chi connectivity index (χ0) is 33.4. The number of esters is 4. The molecule has 0 radical (unpaired) electrons. The lowest BCUT2D eigenvalue weighted by Gasteiger charge is -2.34. The zero-order valence-corrected chi connectivity index (χ0v) is 25.5. The highest BCUT2D eigenvalue weighted by Crippen LogP contribution is 2.27. The van der Waals surface area contributed by atoms with Gasteiger partial charge in [-0.15, -0.1) is 0 Å². The second-order valence-electron chi connectivity index (χ2n) is 10.2. The fourth-order valence-electron chi connectivity index (χ4n) is 4.96. The standard InChI is InChI=1S/C34H32N2O10/c1-19(37)43-29(31(45-21(3)39)33(41)35-27-17-9-13-23-11-5-7-15-25(23)27)30(44-20(2)38)32(46-22(4)40)34(42)36-28-18-10-14-24-12-6-8-16-26(24)28/h5-18,29-32H,1-4H3,(H,35,41)(H,36,42)/t29-,30+,31-,32-/m0/s1. The number of fused-ring (bicyclic) bond motifs is 2. The Morgan fingerprint density at radius 1 is 0.457 bits per heavy atom. The van der Waals surface area contributed by atoms with Crippen LogP contribution < -0.4 is 10.6 Å². The summed E-state index contributed by atoms with van der Waals surface area (Å²) in [4.78, 5) is 77.0. The van der Waals surface area contributed by atoms with Gasteiger partial charge >= 0.3 is 23.9 Å². The molecule has 238 valence electrons. The first-order valence-electron chi connectivity index (χ1n) is 14.2. The molecule has 0 heterocycles. The summed E-state index contributed by atoms with van der Waals surface area (Å²) in [7, 11) is 0. The van der Waals surface area contributed by atoms with E-state index in [-0.39, 0.29) is 0 Å². The minimum atomic E-state index is -1.98. The lowest BCUT2D eigenvalue weighted by molar-refractivity contribution is -0.198. The van der Waals surface area contributed by atoms with Crippen molar-refractivity contribution in [1.29, 1.82) is 0 Å². The van der Waals surface area contributed by atoms with Gasteiger partial charge in [0.2, 0.25) is 12.2 Å². The predicted molar refractivity (Wildman–Crippen MR) is 167 cm³/mol. The largest absolute Gasteiger partial charge is 0.454 e. The number of carbonyl (C=O) groups excluding carboxylic acids is 6. The van der Waals surface area contributed by atoms with Crippen LogP contribution >= 0.6 is 0 Å². The minimum absolute atomic E-state index is 0.330. The molecule has 0 bridgehead atoms. The number of benzene rings is 4. The van der Waals surface area contributed by atoms with Gasteiger partial charge in [-0.3, -0.25) is 28.8 Å². The Labute approximate surface area is 263 Å². The lowest BCUT2D eigenvalue weighted by atomic mass is 9.99. The van der Waals surface area contributed by atoms with Crippen LogP contribution in [0.15, 0.2) is 84.9 Å². The van der Waals surface area contributed by atoms with E-state index in [1.54, 1.807) is 48.5 Å². The molecular weight excluding hydrogens is 596 g/mol. The van der Waals surface area contributed by atoms with Crippen LogP contribution in [0.5, 0.6) is 0 Å². The van der Waals surface area contributed by atoms with Gasteiger partial charge in [-0.05, 0) is 22.9 Å². The van der Waals surface area contributed by atoms with Crippen LogP contribution in [0, 0.1) is 0 Å². The summed E-state index contributed by atoms with van der Waals surface area (Å²) in [6, 6.07) is 24.6. The Morgan fingerprint density at radius 3 is 1.13 bits per heavy atom. The summed E-state index contributed by atoms with van der Waals surface area (Å²) in [6.45, 7) is 4.03. The molecule has 2 amide bonds. The molecule has 0 saturated carbocycles. The first-order chi connectivity index (χ1) is 21.9. The highest BCUT2D eigenvalue weighted by molar-refractivity contribution is 6.06. The SMILES string of the molecule is CC(=O)O[C@H]([C@H](OC(C)=O)[C@H](OC(C)=O)C(=O)Nc1cccc2ccccc12)[C@H](OC(C)=O)C(=O)Nc1cccc2ccccc12. The summed E-state index contributed by atoms with van der Waals surface area (Å²) < 4.78 is 21.5. The van der Waals surface area contributed by atoms with E-state index in [1.165, 1.54) is 0 Å². The van der Waals surface area contributed by atoms with Crippen LogP contribution in [-0.4, -0.2) is 60.1 Å². The van der Waals surface area contributed by atoms with E-state index in [1.807, 2.05) is 36.4 Å². The number of hydrogen-bond acceptors (Lipinski definition) is 10. The van der Waals surface area contributed by atoms with Crippen LogP contribution in [0.4, 0.5) is 11.4 Å². The third-order valence-electron chi connectivity index (χ3n) is 6.72. The van der Waals surface area contributed by atoms with Gasteiger partial charge in [-0.1, -0.05) is 72.8 Å².